The van der Waals surface area contributed by atoms with Gasteiger partial charge >= 0.3 is 0 Å². The first kappa shape index (κ1) is 14.5. The normalized spacial score (nSPS) is 10.6. The van der Waals surface area contributed by atoms with Crippen LogP contribution in [0.25, 0.3) is 10.9 Å². The third-order valence-corrected chi connectivity index (χ3v) is 4.00. The van der Waals surface area contributed by atoms with E-state index in [1.165, 1.54) is 23.9 Å². The molecule has 0 aliphatic heterocycles. The summed E-state index contributed by atoms with van der Waals surface area (Å²) in [5, 5.41) is 4.38. The van der Waals surface area contributed by atoms with Crippen LogP contribution in [-0.2, 0) is 4.79 Å². The lowest BCUT2D eigenvalue weighted by molar-refractivity contribution is -0.113. The Morgan fingerprint density at radius 2 is 1.82 bits per heavy atom. The van der Waals surface area contributed by atoms with Gasteiger partial charge in [-0.25, -0.2) is 9.37 Å². The van der Waals surface area contributed by atoms with E-state index in [4.69, 9.17) is 0 Å². The highest BCUT2D eigenvalue weighted by Crippen LogP contribution is 2.20. The van der Waals surface area contributed by atoms with E-state index in [9.17, 15) is 9.18 Å². The lowest BCUT2D eigenvalue weighted by Gasteiger charge is -2.06. The van der Waals surface area contributed by atoms with E-state index < -0.39 is 5.82 Å². The van der Waals surface area contributed by atoms with Crippen molar-refractivity contribution in [2.45, 2.75) is 5.03 Å². The zero-order valence-corrected chi connectivity index (χ0v) is 12.4. The van der Waals surface area contributed by atoms with Crippen LogP contribution in [0.1, 0.15) is 0 Å². The second-order valence-corrected chi connectivity index (χ2v) is 5.65. The number of halogens is 1. The quantitative estimate of drug-likeness (QED) is 0.737. The van der Waals surface area contributed by atoms with Gasteiger partial charge < -0.3 is 5.32 Å². The first-order valence-electron chi connectivity index (χ1n) is 6.75. The monoisotopic (exact) mass is 312 g/mol. The maximum Gasteiger partial charge on any atom is 0.234 e. The lowest BCUT2D eigenvalue weighted by atomic mass is 10.2. The average Bonchev–Trinajstić information content (AvgIpc) is 2.55. The second-order valence-electron chi connectivity index (χ2n) is 4.66. The van der Waals surface area contributed by atoms with Crippen molar-refractivity contribution in [2.24, 2.45) is 0 Å². The number of para-hydroxylation sites is 2. The van der Waals surface area contributed by atoms with Gasteiger partial charge in [0.05, 0.1) is 22.0 Å². The van der Waals surface area contributed by atoms with E-state index in [0.717, 1.165) is 15.9 Å². The Labute approximate surface area is 131 Å². The molecule has 0 bridgehead atoms. The van der Waals surface area contributed by atoms with Crippen LogP contribution in [0.2, 0.25) is 0 Å². The standard InChI is InChI=1S/C17H13FN2OS/c18-13-6-2-4-8-15(13)19-16(21)11-22-17-10-9-12-5-1-3-7-14(12)20-17/h1-10H,11H2,(H,19,21). The molecule has 1 heterocycles. The predicted octanol–water partition coefficient (Wildman–Crippen LogP) is 4.10. The van der Waals surface area contributed by atoms with E-state index in [-0.39, 0.29) is 17.3 Å². The molecule has 0 aliphatic carbocycles. The molecule has 2 aromatic carbocycles. The van der Waals surface area contributed by atoms with Crippen LogP contribution in [0.4, 0.5) is 10.1 Å². The van der Waals surface area contributed by atoms with Gasteiger partial charge in [0.15, 0.2) is 0 Å². The SMILES string of the molecule is O=C(CSc1ccc2ccccc2n1)Nc1ccccc1F. The first-order chi connectivity index (χ1) is 10.7. The highest BCUT2D eigenvalue weighted by molar-refractivity contribution is 7.99. The molecule has 0 aliphatic rings. The number of benzene rings is 2. The number of pyridine rings is 1. The number of hydrogen-bond acceptors (Lipinski definition) is 3. The van der Waals surface area contributed by atoms with Crippen molar-refractivity contribution in [3.05, 3.63) is 66.5 Å². The maximum atomic E-state index is 13.5. The van der Waals surface area contributed by atoms with Gasteiger partial charge in [0.1, 0.15) is 5.82 Å². The van der Waals surface area contributed by atoms with Crippen LogP contribution >= 0.6 is 11.8 Å². The van der Waals surface area contributed by atoms with E-state index >= 15 is 0 Å². The smallest absolute Gasteiger partial charge is 0.234 e. The van der Waals surface area contributed by atoms with Crippen LogP contribution in [-0.4, -0.2) is 16.6 Å². The summed E-state index contributed by atoms with van der Waals surface area (Å²) in [6.45, 7) is 0. The molecule has 5 heteroatoms. The third kappa shape index (κ3) is 3.43. The molecule has 3 aromatic rings. The van der Waals surface area contributed by atoms with E-state index in [2.05, 4.69) is 10.3 Å². The van der Waals surface area contributed by atoms with Gasteiger partial charge in [0.2, 0.25) is 5.91 Å². The Hall–Kier alpha value is -2.40. The van der Waals surface area contributed by atoms with Crippen LogP contribution in [0.15, 0.2) is 65.7 Å². The highest BCUT2D eigenvalue weighted by Gasteiger charge is 2.07. The summed E-state index contributed by atoms with van der Waals surface area (Å²) in [6.07, 6.45) is 0. The Balaban J connectivity index is 1.63. The van der Waals surface area contributed by atoms with Crippen molar-refractivity contribution in [3.63, 3.8) is 0 Å². The molecule has 0 atom stereocenters. The fourth-order valence-corrected chi connectivity index (χ4v) is 2.69. The summed E-state index contributed by atoms with van der Waals surface area (Å²) in [5.41, 5.74) is 1.08. The van der Waals surface area contributed by atoms with Crippen molar-refractivity contribution >= 4 is 34.3 Å². The molecule has 110 valence electrons. The van der Waals surface area contributed by atoms with Crippen LogP contribution in [0.5, 0.6) is 0 Å². The molecule has 0 radical (unpaired) electrons. The number of amides is 1. The van der Waals surface area contributed by atoms with E-state index in [0.29, 0.717) is 0 Å². The van der Waals surface area contributed by atoms with Crippen LogP contribution < -0.4 is 5.32 Å². The molecule has 3 nitrogen and oxygen atoms in total. The molecule has 0 saturated carbocycles. The van der Waals surface area contributed by atoms with E-state index in [1.807, 2.05) is 36.4 Å². The number of carbonyl (C=O) groups is 1. The summed E-state index contributed by atoms with van der Waals surface area (Å²) in [6, 6.07) is 17.8. The van der Waals surface area contributed by atoms with Gasteiger partial charge in [0, 0.05) is 5.39 Å². The van der Waals surface area contributed by atoms with Gasteiger partial charge in [-0.15, -0.1) is 0 Å². The molecule has 1 amide bonds. The molecule has 1 N–H and O–H groups in total. The largest absolute Gasteiger partial charge is 0.323 e. The Morgan fingerprint density at radius 1 is 1.05 bits per heavy atom. The van der Waals surface area contributed by atoms with Crippen molar-refractivity contribution in [1.29, 1.82) is 0 Å². The second kappa shape index (κ2) is 6.58. The van der Waals surface area contributed by atoms with Crippen molar-refractivity contribution in [2.75, 3.05) is 11.1 Å². The third-order valence-electron chi connectivity index (χ3n) is 3.07. The molecule has 1 aromatic heterocycles. The number of fused-ring (bicyclic) bond motifs is 1. The van der Waals surface area contributed by atoms with Crippen molar-refractivity contribution in [3.8, 4) is 0 Å². The molecule has 0 spiro atoms. The molecule has 0 saturated heterocycles. The van der Waals surface area contributed by atoms with Gasteiger partial charge in [0.25, 0.3) is 0 Å². The molecule has 22 heavy (non-hydrogen) atoms. The Kier molecular flexibility index (Phi) is 4.34. The average molecular weight is 312 g/mol. The number of aromatic nitrogens is 1. The number of thioether (sulfide) groups is 1. The van der Waals surface area contributed by atoms with Crippen molar-refractivity contribution in [1.82, 2.24) is 4.98 Å². The summed E-state index contributed by atoms with van der Waals surface area (Å²) >= 11 is 1.32. The minimum Gasteiger partial charge on any atom is -0.323 e. The summed E-state index contributed by atoms with van der Waals surface area (Å²) in [7, 11) is 0. The van der Waals surface area contributed by atoms with Gasteiger partial charge in [-0.05, 0) is 24.3 Å². The zero-order chi connectivity index (χ0) is 15.4. The topological polar surface area (TPSA) is 42.0 Å². The van der Waals surface area contributed by atoms with Gasteiger partial charge in [-0.1, -0.05) is 48.2 Å². The molecule has 0 fully saturated rings. The van der Waals surface area contributed by atoms with Crippen LogP contribution in [0, 0.1) is 5.82 Å². The fraction of sp³-hybridized carbons (Fsp3) is 0.0588. The van der Waals surface area contributed by atoms with E-state index in [1.54, 1.807) is 12.1 Å². The first-order valence-corrected chi connectivity index (χ1v) is 7.74. The number of nitrogens with one attached hydrogen (secondary N) is 1. The van der Waals surface area contributed by atoms with Crippen LogP contribution in [0.3, 0.4) is 0 Å². The Morgan fingerprint density at radius 3 is 2.68 bits per heavy atom. The molecular weight excluding hydrogens is 299 g/mol. The fourth-order valence-electron chi connectivity index (χ4n) is 2.02. The number of nitrogens with zero attached hydrogens (tertiary/aromatic N) is 1. The summed E-state index contributed by atoms with van der Waals surface area (Å²) in [4.78, 5) is 16.4. The summed E-state index contributed by atoms with van der Waals surface area (Å²) in [5.74, 6) is -0.519. The summed E-state index contributed by atoms with van der Waals surface area (Å²) < 4.78 is 13.5. The highest BCUT2D eigenvalue weighted by atomic mass is 32.2. The molecule has 0 unspecified atom stereocenters. The maximum absolute atomic E-state index is 13.5. The molecule has 3 rings (SSSR count). The Bertz CT molecular complexity index is 822. The lowest BCUT2D eigenvalue weighted by Crippen LogP contribution is -2.15. The van der Waals surface area contributed by atoms with Crippen molar-refractivity contribution < 1.29 is 9.18 Å². The van der Waals surface area contributed by atoms with Gasteiger partial charge in [-0.3, -0.25) is 4.79 Å². The number of rotatable bonds is 4. The number of carbonyl (C=O) groups excluding carboxylic acids is 1. The predicted molar refractivity (Wildman–Crippen MR) is 87.5 cm³/mol. The zero-order valence-electron chi connectivity index (χ0n) is 11.6. The number of anilines is 1. The number of hydrogen-bond donors (Lipinski definition) is 1. The molecular formula is C17H13FN2OS. The minimum atomic E-state index is -0.440. The van der Waals surface area contributed by atoms with Gasteiger partial charge in [-0.2, -0.15) is 0 Å². The minimum absolute atomic E-state index is 0.180.